The molecule has 1 aliphatic carbocycles. The van der Waals surface area contributed by atoms with Gasteiger partial charge in [0.25, 0.3) is 0 Å². The highest BCUT2D eigenvalue weighted by Gasteiger charge is 2.58. The minimum Gasteiger partial charge on any atom is -0.360 e. The Hall–Kier alpha value is -3.48. The summed E-state index contributed by atoms with van der Waals surface area (Å²) in [4.78, 5) is 2.93. The molecule has 0 amide bonds. The molecule has 0 fully saturated rings. The molecule has 5 aliphatic rings. The number of rotatable bonds is 8. The van der Waals surface area contributed by atoms with Gasteiger partial charge < -0.3 is 4.90 Å². The zero-order valence-corrected chi connectivity index (χ0v) is 31.7. The van der Waals surface area contributed by atoms with Crippen molar-refractivity contribution in [2.75, 3.05) is 6.66 Å². The highest BCUT2D eigenvalue weighted by molar-refractivity contribution is 7.70. The Morgan fingerprint density at radius 1 is 0.878 bits per heavy atom. The number of pyridine rings is 1. The van der Waals surface area contributed by atoms with E-state index in [9.17, 15) is 0 Å². The molecule has 0 saturated heterocycles. The first kappa shape index (κ1) is 31.5. The van der Waals surface area contributed by atoms with Crippen molar-refractivity contribution in [1.29, 1.82) is 0 Å². The van der Waals surface area contributed by atoms with E-state index in [1.165, 1.54) is 56.6 Å². The Labute approximate surface area is 295 Å². The van der Waals surface area contributed by atoms with E-state index in [4.69, 9.17) is 0 Å². The molecule has 0 saturated carbocycles. The van der Waals surface area contributed by atoms with Gasteiger partial charge in [0.05, 0.1) is 11.6 Å². The van der Waals surface area contributed by atoms with Crippen LogP contribution in [0.25, 0.3) is 22.4 Å². The molecular weight excluding hydrogens is 611 g/mol. The molecule has 0 spiro atoms. The topological polar surface area (TPSA) is 7.12 Å². The fourth-order valence-electron chi connectivity index (χ4n) is 10.9. The summed E-state index contributed by atoms with van der Waals surface area (Å²) in [7, 11) is -0.456. The summed E-state index contributed by atoms with van der Waals surface area (Å²) in [5.74, 6) is 0.912. The Balaban J connectivity index is 1.26. The van der Waals surface area contributed by atoms with Gasteiger partial charge in [-0.15, -0.1) is 0 Å². The maximum absolute atomic E-state index is 2.93. The van der Waals surface area contributed by atoms with Crippen molar-refractivity contribution in [3.8, 4) is 22.4 Å². The standard InChI is InChI=1S/C46H52N2P/c1-9-14-29-18-20-30(21-19-29)32-22-23-33-37(26-38-34-15-12-16-35-40(34)42-36(45(35,6)7)17-13-24-47(38)42)46(10-2,11-3)48-27-31(28(4)5)25-39-43(48)41(33)44(32)49(39)8/h12-13,15-25,27-28,37-38,43H,9-11,14,26H2,1-8H3/q+1. The normalized spacial score (nSPS) is 24.2. The minimum atomic E-state index is -0.456. The van der Waals surface area contributed by atoms with Gasteiger partial charge in [-0.1, -0.05) is 116 Å². The van der Waals surface area contributed by atoms with Gasteiger partial charge >= 0.3 is 0 Å². The fourth-order valence-corrected chi connectivity index (χ4v) is 13.3. The summed E-state index contributed by atoms with van der Waals surface area (Å²) in [6.45, 7) is 19.4. The number of aryl methyl sites for hydroxylation is 1. The lowest BCUT2D eigenvalue weighted by Crippen LogP contribution is -2.56. The second-order valence-corrected chi connectivity index (χ2v) is 18.4. The van der Waals surface area contributed by atoms with Crippen LogP contribution in [0.2, 0.25) is 0 Å². The molecule has 1 aromatic heterocycles. The van der Waals surface area contributed by atoms with Crippen LogP contribution < -0.4 is 9.87 Å². The third-order valence-electron chi connectivity index (χ3n) is 13.5. The summed E-state index contributed by atoms with van der Waals surface area (Å²) < 4.78 is 2.68. The number of aromatic nitrogens is 1. The van der Waals surface area contributed by atoms with Crippen LogP contribution >= 0.6 is 7.92 Å². The lowest BCUT2D eigenvalue weighted by Gasteiger charge is -2.57. The van der Waals surface area contributed by atoms with Crippen molar-refractivity contribution in [3.63, 3.8) is 0 Å². The van der Waals surface area contributed by atoms with Crippen LogP contribution in [-0.2, 0) is 11.8 Å². The molecule has 49 heavy (non-hydrogen) atoms. The first-order valence-corrected chi connectivity index (χ1v) is 20.8. The minimum absolute atomic E-state index is 0.0422. The van der Waals surface area contributed by atoms with Gasteiger partial charge in [0.1, 0.15) is 0 Å². The Bertz CT molecular complexity index is 2020. The monoisotopic (exact) mass is 663 g/mol. The first-order valence-electron chi connectivity index (χ1n) is 19.1. The first-order chi connectivity index (χ1) is 23.7. The van der Waals surface area contributed by atoms with Gasteiger partial charge in [-0.2, -0.15) is 4.57 Å². The van der Waals surface area contributed by atoms with Crippen LogP contribution in [0.5, 0.6) is 0 Å². The Morgan fingerprint density at radius 2 is 1.63 bits per heavy atom. The second-order valence-electron chi connectivity index (χ2n) is 16.3. The maximum atomic E-state index is 2.93. The second kappa shape index (κ2) is 11.0. The van der Waals surface area contributed by atoms with Crippen molar-refractivity contribution in [1.82, 2.24) is 4.90 Å². The van der Waals surface area contributed by atoms with E-state index in [0.717, 1.165) is 25.7 Å². The average molecular weight is 664 g/mol. The largest absolute Gasteiger partial charge is 0.360 e. The fraction of sp³-hybridized carbons (Fsp3) is 0.413. The van der Waals surface area contributed by atoms with Crippen LogP contribution in [0.15, 0.2) is 96.1 Å². The number of nitrogens with zero attached hydrogens (tertiary/aromatic N) is 2. The molecule has 3 heteroatoms. The zero-order valence-electron chi connectivity index (χ0n) is 30.8. The van der Waals surface area contributed by atoms with Gasteiger partial charge in [0.15, 0.2) is 12.2 Å². The van der Waals surface area contributed by atoms with Crippen molar-refractivity contribution in [2.24, 2.45) is 5.92 Å². The van der Waals surface area contributed by atoms with Crippen molar-refractivity contribution in [3.05, 3.63) is 129 Å². The van der Waals surface area contributed by atoms with E-state index in [0.29, 0.717) is 23.9 Å². The zero-order chi connectivity index (χ0) is 34.0. The van der Waals surface area contributed by atoms with Gasteiger partial charge in [0.2, 0.25) is 5.69 Å². The highest BCUT2D eigenvalue weighted by Crippen LogP contribution is 2.67. The van der Waals surface area contributed by atoms with Crippen LogP contribution in [0.3, 0.4) is 0 Å². The number of hydrogen-bond donors (Lipinski definition) is 0. The molecule has 4 unspecified atom stereocenters. The van der Waals surface area contributed by atoms with Crippen LogP contribution in [-0.4, -0.2) is 17.1 Å². The maximum Gasteiger partial charge on any atom is 0.217 e. The predicted octanol–water partition coefficient (Wildman–Crippen LogP) is 11.1. The molecule has 0 radical (unpaired) electrons. The van der Waals surface area contributed by atoms with E-state index in [-0.39, 0.29) is 11.0 Å². The van der Waals surface area contributed by atoms with Gasteiger partial charge in [-0.05, 0) is 95.4 Å². The molecule has 4 aliphatic heterocycles. The molecular formula is C46H52N2P+. The molecule has 0 N–H and O–H groups in total. The van der Waals surface area contributed by atoms with Gasteiger partial charge in [-0.25, -0.2) is 0 Å². The average Bonchev–Trinajstić information content (AvgIpc) is 3.69. The molecule has 2 nitrogen and oxygen atoms in total. The van der Waals surface area contributed by atoms with Gasteiger partial charge in [0, 0.05) is 46.7 Å². The molecule has 5 heterocycles. The lowest BCUT2D eigenvalue weighted by molar-refractivity contribution is -0.699. The molecule has 250 valence electrons. The van der Waals surface area contributed by atoms with E-state index in [1.54, 1.807) is 21.7 Å². The lowest BCUT2D eigenvalue weighted by atomic mass is 9.64. The number of hydrogen-bond acceptors (Lipinski definition) is 1. The smallest absolute Gasteiger partial charge is 0.217 e. The third kappa shape index (κ3) is 4.08. The Kier molecular flexibility index (Phi) is 7.08. The van der Waals surface area contributed by atoms with E-state index in [1.807, 2.05) is 0 Å². The van der Waals surface area contributed by atoms with Gasteiger partial charge in [-0.3, -0.25) is 0 Å². The molecule has 0 bridgehead atoms. The van der Waals surface area contributed by atoms with Crippen LogP contribution in [0.1, 0.15) is 126 Å². The SMILES string of the molecule is CCCc1ccc(-c2ccc3c4c2P(C)C2=CC(C(C)C)=CN(C24)C(CC)(CC)C3CC2c3cccc4c3-c3c(ccc[n+]32)C4(C)C)cc1. The summed E-state index contributed by atoms with van der Waals surface area (Å²) in [6.07, 6.45) is 13.4. The molecule has 4 aromatic rings. The Morgan fingerprint density at radius 3 is 2.35 bits per heavy atom. The number of benzene rings is 3. The number of allylic oxidation sites excluding steroid dienone is 2. The molecule has 9 rings (SSSR count). The molecule has 3 aromatic carbocycles. The van der Waals surface area contributed by atoms with Crippen molar-refractivity contribution < 1.29 is 4.57 Å². The van der Waals surface area contributed by atoms with E-state index < -0.39 is 7.92 Å². The van der Waals surface area contributed by atoms with Crippen LogP contribution in [0.4, 0.5) is 0 Å². The predicted molar refractivity (Wildman–Crippen MR) is 207 cm³/mol. The highest BCUT2D eigenvalue weighted by atomic mass is 31.1. The van der Waals surface area contributed by atoms with Crippen molar-refractivity contribution >= 4 is 13.2 Å². The summed E-state index contributed by atoms with van der Waals surface area (Å²) in [5.41, 5.74) is 16.7. The van der Waals surface area contributed by atoms with Crippen LogP contribution in [0, 0.1) is 5.92 Å². The van der Waals surface area contributed by atoms with E-state index in [2.05, 4.69) is 150 Å². The summed E-state index contributed by atoms with van der Waals surface area (Å²) >= 11 is 0. The third-order valence-corrected chi connectivity index (χ3v) is 15.8. The molecule has 4 atom stereocenters. The summed E-state index contributed by atoms with van der Waals surface area (Å²) in [5, 5.41) is 3.32. The summed E-state index contributed by atoms with van der Waals surface area (Å²) in [6, 6.07) is 27.2. The van der Waals surface area contributed by atoms with E-state index >= 15 is 0 Å². The quantitative estimate of drug-likeness (QED) is 0.134. The van der Waals surface area contributed by atoms with Crippen molar-refractivity contribution in [2.45, 2.75) is 110 Å².